The molecule has 0 aromatic carbocycles. The summed E-state index contributed by atoms with van der Waals surface area (Å²) in [5, 5.41) is 11.1. The number of hydrogen-bond acceptors (Lipinski definition) is 4. The van der Waals surface area contributed by atoms with Crippen LogP contribution in [-0.2, 0) is 4.79 Å². The minimum absolute atomic E-state index is 0.0621. The van der Waals surface area contributed by atoms with Gasteiger partial charge in [0.25, 0.3) is 5.91 Å². The molecule has 0 saturated heterocycles. The largest absolute Gasteiger partial charge is 0.477 e. The van der Waals surface area contributed by atoms with Crippen molar-refractivity contribution in [2.45, 2.75) is 19.4 Å². The Morgan fingerprint density at radius 2 is 1.82 bits per heavy atom. The Morgan fingerprint density at radius 3 is 2.24 bits per heavy atom. The fourth-order valence-electron chi connectivity index (χ4n) is 0.982. The van der Waals surface area contributed by atoms with Crippen LogP contribution in [0, 0.1) is 0 Å². The summed E-state index contributed by atoms with van der Waals surface area (Å²) in [6, 6.07) is 2.72. The van der Waals surface area contributed by atoms with Crippen LogP contribution in [0.2, 0.25) is 0 Å². The second kappa shape index (κ2) is 4.54. The maximum Gasteiger partial charge on any atom is 0.345 e. The number of nitrogens with two attached hydrogens (primary N) is 1. The molecule has 0 fully saturated rings. The Bertz CT molecular complexity index is 478. The molecular weight excluding hydrogens is 244 g/mol. The van der Waals surface area contributed by atoms with Crippen molar-refractivity contribution in [1.82, 2.24) is 5.32 Å². The molecule has 0 radical (unpaired) electrons. The zero-order valence-electron chi connectivity index (χ0n) is 9.31. The highest BCUT2D eigenvalue weighted by Crippen LogP contribution is 2.17. The number of aromatic carboxylic acids is 1. The molecule has 1 rings (SSSR count). The molecule has 4 N–H and O–H groups in total. The molecule has 1 aromatic heterocycles. The number of primary amides is 1. The van der Waals surface area contributed by atoms with Gasteiger partial charge in [0.1, 0.15) is 10.4 Å². The van der Waals surface area contributed by atoms with Crippen LogP contribution in [-0.4, -0.2) is 28.4 Å². The van der Waals surface area contributed by atoms with Crippen molar-refractivity contribution in [3.05, 3.63) is 21.9 Å². The number of carbonyl (C=O) groups excluding carboxylic acids is 2. The second-order valence-electron chi connectivity index (χ2n) is 3.91. The molecule has 1 heterocycles. The van der Waals surface area contributed by atoms with Gasteiger partial charge in [0.05, 0.1) is 4.88 Å². The third-order valence-electron chi connectivity index (χ3n) is 2.08. The third kappa shape index (κ3) is 3.04. The van der Waals surface area contributed by atoms with Gasteiger partial charge in [-0.25, -0.2) is 4.79 Å². The zero-order chi connectivity index (χ0) is 13.2. The standard InChI is InChI=1S/C10H12N2O4S/c1-10(2,9(11)16)12-7(13)5-3-4-6(17-5)8(14)15/h3-4H,1-2H3,(H2,11,16)(H,12,13)(H,14,15). The monoisotopic (exact) mass is 256 g/mol. The molecule has 0 aliphatic carbocycles. The van der Waals surface area contributed by atoms with E-state index in [1.165, 1.54) is 26.0 Å². The van der Waals surface area contributed by atoms with E-state index in [0.29, 0.717) is 0 Å². The molecule has 0 aliphatic rings. The van der Waals surface area contributed by atoms with Crippen LogP contribution < -0.4 is 11.1 Å². The average molecular weight is 256 g/mol. The summed E-state index contributed by atoms with van der Waals surface area (Å²) in [4.78, 5) is 33.6. The molecule has 1 aromatic rings. The Hall–Kier alpha value is -1.89. The maximum atomic E-state index is 11.7. The Kier molecular flexibility index (Phi) is 3.52. The zero-order valence-corrected chi connectivity index (χ0v) is 10.1. The lowest BCUT2D eigenvalue weighted by molar-refractivity contribution is -0.122. The summed E-state index contributed by atoms with van der Waals surface area (Å²) in [5.41, 5.74) is 3.93. The molecule has 0 atom stereocenters. The SMILES string of the molecule is CC(C)(NC(=O)c1ccc(C(=O)O)s1)C(N)=O. The van der Waals surface area contributed by atoms with Gasteiger partial charge in [-0.05, 0) is 26.0 Å². The molecular formula is C10H12N2O4S. The first-order valence-corrected chi connectivity index (χ1v) is 5.51. The van der Waals surface area contributed by atoms with Crippen LogP contribution >= 0.6 is 11.3 Å². The molecule has 0 unspecified atom stereocenters. The van der Waals surface area contributed by atoms with E-state index in [1.807, 2.05) is 0 Å². The van der Waals surface area contributed by atoms with E-state index in [0.717, 1.165) is 11.3 Å². The molecule has 0 saturated carbocycles. The van der Waals surface area contributed by atoms with E-state index in [-0.39, 0.29) is 9.75 Å². The minimum Gasteiger partial charge on any atom is -0.477 e. The van der Waals surface area contributed by atoms with E-state index < -0.39 is 23.3 Å². The average Bonchev–Trinajstić information content (AvgIpc) is 2.65. The predicted octanol–water partition coefficient (Wildman–Crippen LogP) is 0.440. The van der Waals surface area contributed by atoms with Crippen molar-refractivity contribution in [2.75, 3.05) is 0 Å². The summed E-state index contributed by atoms with van der Waals surface area (Å²) < 4.78 is 0. The summed E-state index contributed by atoms with van der Waals surface area (Å²) in [5.74, 6) is -2.28. The highest BCUT2D eigenvalue weighted by molar-refractivity contribution is 7.15. The third-order valence-corrected chi connectivity index (χ3v) is 3.15. The number of carbonyl (C=O) groups is 3. The van der Waals surface area contributed by atoms with Gasteiger partial charge in [0.15, 0.2) is 0 Å². The van der Waals surface area contributed by atoms with E-state index in [4.69, 9.17) is 10.8 Å². The molecule has 7 heteroatoms. The van der Waals surface area contributed by atoms with Crippen molar-refractivity contribution in [1.29, 1.82) is 0 Å². The lowest BCUT2D eigenvalue weighted by Crippen LogP contribution is -2.52. The number of rotatable bonds is 4. The van der Waals surface area contributed by atoms with E-state index in [1.54, 1.807) is 0 Å². The predicted molar refractivity (Wildman–Crippen MR) is 62.0 cm³/mol. The Labute approximate surface area is 101 Å². The number of carboxylic acid groups (broad SMARTS) is 1. The van der Waals surface area contributed by atoms with Crippen molar-refractivity contribution >= 4 is 29.1 Å². The molecule has 17 heavy (non-hydrogen) atoms. The quantitative estimate of drug-likeness (QED) is 0.726. The molecule has 92 valence electrons. The van der Waals surface area contributed by atoms with Crippen molar-refractivity contribution in [3.63, 3.8) is 0 Å². The smallest absolute Gasteiger partial charge is 0.345 e. The van der Waals surface area contributed by atoms with Gasteiger partial charge >= 0.3 is 5.97 Å². The van der Waals surface area contributed by atoms with E-state index in [9.17, 15) is 14.4 Å². The first kappa shape index (κ1) is 13.2. The summed E-state index contributed by atoms with van der Waals surface area (Å²) in [6.07, 6.45) is 0. The van der Waals surface area contributed by atoms with Crippen LogP contribution in [0.5, 0.6) is 0 Å². The molecule has 0 spiro atoms. The number of thiophene rings is 1. The van der Waals surface area contributed by atoms with Gasteiger partial charge in [-0.2, -0.15) is 0 Å². The van der Waals surface area contributed by atoms with Crippen molar-refractivity contribution in [3.8, 4) is 0 Å². The highest BCUT2D eigenvalue weighted by Gasteiger charge is 2.28. The first-order chi connectivity index (χ1) is 7.74. The number of amides is 2. The topological polar surface area (TPSA) is 109 Å². The normalized spacial score (nSPS) is 10.9. The maximum absolute atomic E-state index is 11.7. The highest BCUT2D eigenvalue weighted by atomic mass is 32.1. The van der Waals surface area contributed by atoms with Crippen LogP contribution in [0.4, 0.5) is 0 Å². The lowest BCUT2D eigenvalue weighted by Gasteiger charge is -2.21. The van der Waals surface area contributed by atoms with Crippen LogP contribution in [0.1, 0.15) is 33.2 Å². The molecule has 6 nitrogen and oxygen atoms in total. The number of carboxylic acids is 1. The lowest BCUT2D eigenvalue weighted by atomic mass is 10.1. The van der Waals surface area contributed by atoms with Crippen LogP contribution in [0.25, 0.3) is 0 Å². The van der Waals surface area contributed by atoms with E-state index in [2.05, 4.69) is 5.32 Å². The fourth-order valence-corrected chi connectivity index (χ4v) is 1.72. The van der Waals surface area contributed by atoms with Crippen molar-refractivity contribution in [2.24, 2.45) is 5.73 Å². The molecule has 0 aliphatic heterocycles. The van der Waals surface area contributed by atoms with Gasteiger partial charge in [0.2, 0.25) is 5.91 Å². The van der Waals surface area contributed by atoms with Gasteiger partial charge in [-0.15, -0.1) is 11.3 Å². The van der Waals surface area contributed by atoms with Crippen LogP contribution in [0.15, 0.2) is 12.1 Å². The van der Waals surface area contributed by atoms with Gasteiger partial charge in [-0.1, -0.05) is 0 Å². The van der Waals surface area contributed by atoms with Crippen molar-refractivity contribution < 1.29 is 19.5 Å². The first-order valence-electron chi connectivity index (χ1n) is 4.69. The van der Waals surface area contributed by atoms with Gasteiger partial charge in [0, 0.05) is 0 Å². The van der Waals surface area contributed by atoms with Gasteiger partial charge in [-0.3, -0.25) is 9.59 Å². The second-order valence-corrected chi connectivity index (χ2v) is 5.00. The number of hydrogen-bond donors (Lipinski definition) is 3. The Morgan fingerprint density at radius 1 is 1.29 bits per heavy atom. The summed E-state index contributed by atoms with van der Waals surface area (Å²) in [6.45, 7) is 2.94. The summed E-state index contributed by atoms with van der Waals surface area (Å²) >= 11 is 0.838. The van der Waals surface area contributed by atoms with Gasteiger partial charge < -0.3 is 16.2 Å². The Balaban J connectivity index is 2.83. The summed E-state index contributed by atoms with van der Waals surface area (Å²) in [7, 11) is 0. The minimum atomic E-state index is -1.18. The molecule has 0 bridgehead atoms. The molecule has 2 amide bonds. The number of nitrogens with one attached hydrogen (secondary N) is 1. The van der Waals surface area contributed by atoms with Crippen LogP contribution in [0.3, 0.4) is 0 Å². The van der Waals surface area contributed by atoms with E-state index >= 15 is 0 Å². The fraction of sp³-hybridized carbons (Fsp3) is 0.300.